The normalized spacial score (nSPS) is 21.6. The van der Waals surface area contributed by atoms with Crippen molar-refractivity contribution >= 4 is 5.97 Å². The molecule has 5 nitrogen and oxygen atoms in total. The monoisotopic (exact) mass is 174 g/mol. The predicted octanol–water partition coefficient (Wildman–Crippen LogP) is -1.82. The van der Waals surface area contributed by atoms with E-state index in [9.17, 15) is 9.90 Å². The first-order valence-corrected chi connectivity index (χ1v) is 3.49. The van der Waals surface area contributed by atoms with Crippen molar-refractivity contribution in [2.75, 3.05) is 13.2 Å². The number of carbonyl (C=O) groups is 1. The fraction of sp³-hybridized carbons (Fsp3) is 0.571. The molecule has 3 N–H and O–H groups in total. The summed E-state index contributed by atoms with van der Waals surface area (Å²) in [6.07, 6.45) is -1.36. The number of ether oxygens (including phenoxy) is 1. The van der Waals surface area contributed by atoms with Gasteiger partial charge in [0, 0.05) is 11.6 Å². The molecule has 1 rings (SSSR count). The van der Waals surface area contributed by atoms with Crippen LogP contribution >= 0.6 is 0 Å². The Hall–Kier alpha value is -0.910. The second-order valence-corrected chi connectivity index (χ2v) is 2.52. The third-order valence-electron chi connectivity index (χ3n) is 1.62. The molecule has 0 aromatic heterocycles. The van der Waals surface area contributed by atoms with Crippen molar-refractivity contribution in [1.29, 1.82) is 0 Å². The molecule has 1 aliphatic heterocycles. The third-order valence-corrected chi connectivity index (χ3v) is 1.62. The van der Waals surface area contributed by atoms with Crippen molar-refractivity contribution in [3.05, 3.63) is 11.6 Å². The number of hydrogen-bond acceptors (Lipinski definition) is 5. The lowest BCUT2D eigenvalue weighted by Gasteiger charge is -2.14. The van der Waals surface area contributed by atoms with Gasteiger partial charge in [-0.1, -0.05) is 0 Å². The first kappa shape index (κ1) is 9.18. The highest BCUT2D eigenvalue weighted by Crippen LogP contribution is 2.13. The van der Waals surface area contributed by atoms with Gasteiger partial charge in [0.15, 0.2) is 0 Å². The van der Waals surface area contributed by atoms with E-state index in [1.165, 1.54) is 0 Å². The molecule has 0 bridgehead atoms. The number of hydrogen-bond donors (Lipinski definition) is 3. The maximum Gasteiger partial charge on any atom is 0.331 e. The molecule has 0 fully saturated rings. The smallest absolute Gasteiger partial charge is 0.331 e. The largest absolute Gasteiger partial charge is 0.458 e. The second-order valence-electron chi connectivity index (χ2n) is 2.52. The number of aliphatic hydroxyl groups excluding tert-OH is 3. The van der Waals surface area contributed by atoms with E-state index in [1.807, 2.05) is 0 Å². The highest BCUT2D eigenvalue weighted by Gasteiger charge is 2.25. The number of rotatable bonds is 3. The molecule has 0 radical (unpaired) electrons. The number of aliphatic hydroxyl groups is 3. The average molecular weight is 174 g/mol. The Labute approximate surface area is 68.9 Å². The lowest BCUT2D eigenvalue weighted by molar-refractivity contribution is -0.135. The van der Waals surface area contributed by atoms with Gasteiger partial charge in [0.05, 0.1) is 6.61 Å². The van der Waals surface area contributed by atoms with Crippen LogP contribution in [0.5, 0.6) is 0 Å². The molecule has 0 amide bonds. The summed E-state index contributed by atoms with van der Waals surface area (Å²) in [6, 6.07) is 0. The van der Waals surface area contributed by atoms with Gasteiger partial charge < -0.3 is 20.1 Å². The molecule has 0 saturated heterocycles. The SMILES string of the molecule is O=C1C=C([C@@H](O)[C@H](O)CO)CO1. The zero-order chi connectivity index (χ0) is 9.14. The van der Waals surface area contributed by atoms with Gasteiger partial charge in [-0.05, 0) is 0 Å². The summed E-state index contributed by atoms with van der Waals surface area (Å²) in [6.45, 7) is -0.566. The molecule has 0 spiro atoms. The molecule has 68 valence electrons. The maximum absolute atomic E-state index is 10.5. The molecule has 0 aromatic rings. The molecule has 5 heteroatoms. The van der Waals surface area contributed by atoms with Gasteiger partial charge in [0.2, 0.25) is 0 Å². The summed E-state index contributed by atoms with van der Waals surface area (Å²) in [7, 11) is 0. The van der Waals surface area contributed by atoms with Crippen LogP contribution in [0.1, 0.15) is 0 Å². The second kappa shape index (κ2) is 3.66. The van der Waals surface area contributed by atoms with Gasteiger partial charge in [0.25, 0.3) is 0 Å². The van der Waals surface area contributed by atoms with Crippen molar-refractivity contribution in [2.24, 2.45) is 0 Å². The molecule has 1 heterocycles. The van der Waals surface area contributed by atoms with Crippen molar-refractivity contribution in [1.82, 2.24) is 0 Å². The van der Waals surface area contributed by atoms with Gasteiger partial charge in [-0.25, -0.2) is 4.79 Å². The summed E-state index contributed by atoms with van der Waals surface area (Å²) in [5, 5.41) is 26.7. The molecule has 2 atom stereocenters. The highest BCUT2D eigenvalue weighted by molar-refractivity contribution is 5.85. The summed E-state index contributed by atoms with van der Waals surface area (Å²) < 4.78 is 4.50. The summed E-state index contributed by atoms with van der Waals surface area (Å²) in [5.74, 6) is -0.533. The Balaban J connectivity index is 2.58. The van der Waals surface area contributed by atoms with Crippen LogP contribution in [-0.2, 0) is 9.53 Å². The van der Waals surface area contributed by atoms with Crippen LogP contribution in [0.25, 0.3) is 0 Å². The van der Waals surface area contributed by atoms with Crippen LogP contribution in [0.4, 0.5) is 0 Å². The zero-order valence-corrected chi connectivity index (χ0v) is 6.30. The van der Waals surface area contributed by atoms with E-state index in [4.69, 9.17) is 10.2 Å². The summed E-state index contributed by atoms with van der Waals surface area (Å²) in [5.41, 5.74) is 0.293. The van der Waals surface area contributed by atoms with E-state index in [0.29, 0.717) is 5.57 Å². The molecule has 1 aliphatic rings. The predicted molar refractivity (Wildman–Crippen MR) is 38.1 cm³/mol. The average Bonchev–Trinajstić information content (AvgIpc) is 2.49. The molecule has 0 saturated carbocycles. The molecule has 0 aromatic carbocycles. The molecule has 12 heavy (non-hydrogen) atoms. The van der Waals surface area contributed by atoms with E-state index >= 15 is 0 Å². The van der Waals surface area contributed by atoms with E-state index in [2.05, 4.69) is 4.74 Å². The lowest BCUT2D eigenvalue weighted by Crippen LogP contribution is -2.31. The molecule has 0 unspecified atom stereocenters. The number of cyclic esters (lactones) is 1. The quantitative estimate of drug-likeness (QED) is 0.439. The maximum atomic E-state index is 10.5. The number of esters is 1. The zero-order valence-electron chi connectivity index (χ0n) is 6.30. The van der Waals surface area contributed by atoms with Gasteiger partial charge in [0.1, 0.15) is 18.8 Å². The Kier molecular flexibility index (Phi) is 2.80. The minimum atomic E-state index is -1.26. The van der Waals surface area contributed by atoms with E-state index < -0.39 is 24.8 Å². The van der Waals surface area contributed by atoms with Crippen LogP contribution in [0.2, 0.25) is 0 Å². The fourth-order valence-corrected chi connectivity index (χ4v) is 0.907. The lowest BCUT2D eigenvalue weighted by atomic mass is 10.1. The standard InChI is InChI=1S/C7H10O5/c8-2-5(9)7(11)4-1-6(10)12-3-4/h1,5,7-9,11H,2-3H2/t5-,7-/m1/s1. The van der Waals surface area contributed by atoms with Crippen LogP contribution in [0.3, 0.4) is 0 Å². The summed E-state index contributed by atoms with van der Waals surface area (Å²) >= 11 is 0. The van der Waals surface area contributed by atoms with Crippen LogP contribution in [-0.4, -0.2) is 46.7 Å². The van der Waals surface area contributed by atoms with Gasteiger partial charge in [-0.15, -0.1) is 0 Å². The minimum absolute atomic E-state index is 0.0168. The van der Waals surface area contributed by atoms with Crippen LogP contribution in [0, 0.1) is 0 Å². The van der Waals surface area contributed by atoms with Gasteiger partial charge >= 0.3 is 5.97 Å². The van der Waals surface area contributed by atoms with Crippen molar-refractivity contribution < 1.29 is 24.9 Å². The Morgan fingerprint density at radius 2 is 2.25 bits per heavy atom. The van der Waals surface area contributed by atoms with E-state index in [-0.39, 0.29) is 6.61 Å². The third kappa shape index (κ3) is 1.82. The highest BCUT2D eigenvalue weighted by atomic mass is 16.5. The van der Waals surface area contributed by atoms with Crippen LogP contribution < -0.4 is 0 Å². The first-order chi connectivity index (χ1) is 5.65. The topological polar surface area (TPSA) is 87.0 Å². The van der Waals surface area contributed by atoms with Crippen molar-refractivity contribution in [2.45, 2.75) is 12.2 Å². The number of carbonyl (C=O) groups excluding carboxylic acids is 1. The summed E-state index contributed by atoms with van der Waals surface area (Å²) in [4.78, 5) is 10.5. The Morgan fingerprint density at radius 3 is 2.67 bits per heavy atom. The van der Waals surface area contributed by atoms with Gasteiger partial charge in [-0.3, -0.25) is 0 Å². The first-order valence-electron chi connectivity index (χ1n) is 3.49. The fourth-order valence-electron chi connectivity index (χ4n) is 0.907. The minimum Gasteiger partial charge on any atom is -0.458 e. The Bertz CT molecular complexity index is 210. The van der Waals surface area contributed by atoms with Crippen molar-refractivity contribution in [3.8, 4) is 0 Å². The van der Waals surface area contributed by atoms with E-state index in [0.717, 1.165) is 6.08 Å². The van der Waals surface area contributed by atoms with Crippen molar-refractivity contribution in [3.63, 3.8) is 0 Å². The molecular formula is C7H10O5. The van der Waals surface area contributed by atoms with Crippen LogP contribution in [0.15, 0.2) is 11.6 Å². The van der Waals surface area contributed by atoms with E-state index in [1.54, 1.807) is 0 Å². The Morgan fingerprint density at radius 1 is 1.58 bits per heavy atom. The molecular weight excluding hydrogens is 164 g/mol. The molecule has 0 aliphatic carbocycles. The van der Waals surface area contributed by atoms with Gasteiger partial charge in [-0.2, -0.15) is 0 Å².